The molecule has 2 N–H and O–H groups in total. The highest BCUT2D eigenvalue weighted by atomic mass is 32.2. The van der Waals surface area contributed by atoms with Crippen molar-refractivity contribution in [3.05, 3.63) is 64.1 Å². The van der Waals surface area contributed by atoms with Gasteiger partial charge in [0.05, 0.1) is 13.7 Å². The van der Waals surface area contributed by atoms with Crippen molar-refractivity contribution in [3.63, 3.8) is 0 Å². The molecule has 0 aliphatic heterocycles. The van der Waals surface area contributed by atoms with Gasteiger partial charge < -0.3 is 19.6 Å². The Bertz CT molecular complexity index is 1290. The van der Waals surface area contributed by atoms with Gasteiger partial charge in [-0.2, -0.15) is 9.97 Å². The van der Waals surface area contributed by atoms with Gasteiger partial charge in [-0.3, -0.25) is 4.57 Å². The summed E-state index contributed by atoms with van der Waals surface area (Å²) in [5.41, 5.74) is 2.25. The first-order valence-corrected chi connectivity index (χ1v) is 11.8. The number of benzene rings is 1. The van der Waals surface area contributed by atoms with E-state index < -0.39 is 11.2 Å². The van der Waals surface area contributed by atoms with E-state index in [2.05, 4.69) is 30.2 Å². The fraction of sp³-hybridized carbons (Fsp3) is 0.318. The number of aromatic amines is 1. The molecule has 4 rings (SSSR count). The van der Waals surface area contributed by atoms with Gasteiger partial charge in [0, 0.05) is 35.7 Å². The number of fused-ring (bicyclic) bond motifs is 1. The van der Waals surface area contributed by atoms with Crippen molar-refractivity contribution in [3.8, 4) is 5.75 Å². The van der Waals surface area contributed by atoms with Crippen molar-refractivity contribution in [2.45, 2.75) is 38.5 Å². The van der Waals surface area contributed by atoms with Crippen molar-refractivity contribution < 1.29 is 9.29 Å². The van der Waals surface area contributed by atoms with Gasteiger partial charge in [-0.15, -0.1) is 0 Å². The molecule has 0 aliphatic carbocycles. The third-order valence-electron chi connectivity index (χ3n) is 4.99. The molecule has 3 aromatic heterocycles. The number of imidazole rings is 1. The highest BCUT2D eigenvalue weighted by molar-refractivity contribution is 7.91. The molecule has 0 saturated carbocycles. The number of anilines is 1. The number of rotatable bonds is 9. The highest BCUT2D eigenvalue weighted by Crippen LogP contribution is 2.22. The lowest BCUT2D eigenvalue weighted by Gasteiger charge is -2.12. The number of H-pyrrole nitrogens is 1. The maximum Gasteiger partial charge on any atom is 0.346 e. The molecule has 172 valence electrons. The molecular weight excluding hydrogens is 442 g/mol. The summed E-state index contributed by atoms with van der Waals surface area (Å²) in [4.78, 5) is 33.0. The molecule has 0 saturated heterocycles. The van der Waals surface area contributed by atoms with E-state index in [1.54, 1.807) is 26.4 Å². The summed E-state index contributed by atoms with van der Waals surface area (Å²) in [5.74, 6) is 2.27. The normalized spacial score (nSPS) is 12.1. The Kier molecular flexibility index (Phi) is 6.90. The number of nitrogens with one attached hydrogen (secondary N) is 2. The molecule has 3 heterocycles. The molecule has 1 unspecified atom stereocenters. The maximum atomic E-state index is 12.8. The Labute approximate surface area is 193 Å². The van der Waals surface area contributed by atoms with Crippen LogP contribution in [0.1, 0.15) is 30.3 Å². The van der Waals surface area contributed by atoms with E-state index in [9.17, 15) is 9.35 Å². The first-order valence-electron chi connectivity index (χ1n) is 10.5. The molecule has 0 radical (unpaired) electrons. The zero-order valence-electron chi connectivity index (χ0n) is 18.7. The Morgan fingerprint density at radius 2 is 1.88 bits per heavy atom. The van der Waals surface area contributed by atoms with Crippen LogP contribution in [-0.2, 0) is 24.3 Å². The average Bonchev–Trinajstić information content (AvgIpc) is 3.14. The lowest BCUT2D eigenvalue weighted by Crippen LogP contribution is -2.19. The Morgan fingerprint density at radius 1 is 1.15 bits per heavy atom. The number of hydrogen-bond donors (Lipinski definition) is 2. The topological polar surface area (TPSA) is 134 Å². The maximum absolute atomic E-state index is 12.8. The number of nitrogens with zero attached hydrogens (tertiary/aromatic N) is 5. The molecule has 10 nitrogen and oxygen atoms in total. The predicted molar refractivity (Wildman–Crippen MR) is 126 cm³/mol. The molecule has 1 atom stereocenters. The van der Waals surface area contributed by atoms with Crippen LogP contribution in [0.15, 0.2) is 46.6 Å². The van der Waals surface area contributed by atoms with Crippen LogP contribution in [-0.4, -0.2) is 46.9 Å². The Morgan fingerprint density at radius 3 is 2.55 bits per heavy atom. The van der Waals surface area contributed by atoms with E-state index in [4.69, 9.17) is 4.74 Å². The number of hydrogen-bond acceptors (Lipinski definition) is 8. The number of aromatic nitrogens is 6. The van der Waals surface area contributed by atoms with Gasteiger partial charge >= 0.3 is 10.8 Å². The molecule has 0 bridgehead atoms. The summed E-state index contributed by atoms with van der Waals surface area (Å²) in [6.07, 6.45) is 4.07. The number of methoxy groups -OCH3 is 1. The van der Waals surface area contributed by atoms with E-state index in [0.717, 1.165) is 23.3 Å². The van der Waals surface area contributed by atoms with Crippen molar-refractivity contribution >= 4 is 28.2 Å². The summed E-state index contributed by atoms with van der Waals surface area (Å²) >= 11 is -1.38. The van der Waals surface area contributed by atoms with Gasteiger partial charge in [0.2, 0.25) is 0 Å². The molecule has 0 amide bonds. The van der Waals surface area contributed by atoms with E-state index in [-0.39, 0.29) is 17.4 Å². The number of aryl methyl sites for hydroxylation is 1. The van der Waals surface area contributed by atoms with Crippen LogP contribution in [0.25, 0.3) is 11.2 Å². The summed E-state index contributed by atoms with van der Waals surface area (Å²) in [6.45, 7) is 4.43. The molecule has 0 fully saturated rings. The summed E-state index contributed by atoms with van der Waals surface area (Å²) in [7, 11) is 1.62. The second-order valence-corrected chi connectivity index (χ2v) is 8.92. The zero-order chi connectivity index (χ0) is 23.4. The second-order valence-electron chi connectivity index (χ2n) is 7.46. The second kappa shape index (κ2) is 10.0. The molecule has 0 spiro atoms. The Hall–Kier alpha value is -3.44. The van der Waals surface area contributed by atoms with Crippen molar-refractivity contribution in [2.75, 3.05) is 18.2 Å². The average molecular weight is 468 g/mol. The van der Waals surface area contributed by atoms with Crippen molar-refractivity contribution in [1.82, 2.24) is 29.5 Å². The van der Waals surface area contributed by atoms with Crippen LogP contribution in [0.4, 0.5) is 5.82 Å². The van der Waals surface area contributed by atoms with Crippen molar-refractivity contribution in [1.29, 1.82) is 0 Å². The minimum atomic E-state index is -1.38. The Balaban J connectivity index is 1.72. The predicted octanol–water partition coefficient (Wildman–Crippen LogP) is 2.40. The fourth-order valence-corrected chi connectivity index (χ4v) is 4.21. The summed E-state index contributed by atoms with van der Waals surface area (Å²) in [5, 5.41) is 3.45. The first-order chi connectivity index (χ1) is 16.0. The van der Waals surface area contributed by atoms with E-state index in [1.807, 2.05) is 31.2 Å². The van der Waals surface area contributed by atoms with Crippen LogP contribution in [0.2, 0.25) is 0 Å². The quantitative estimate of drug-likeness (QED) is 0.283. The van der Waals surface area contributed by atoms with Gasteiger partial charge in [0.25, 0.3) is 0 Å². The van der Waals surface area contributed by atoms with Gasteiger partial charge in [-0.25, -0.2) is 14.8 Å². The van der Waals surface area contributed by atoms with Crippen LogP contribution in [0.3, 0.4) is 0 Å². The van der Waals surface area contributed by atoms with Crippen LogP contribution < -0.4 is 15.7 Å². The largest absolute Gasteiger partial charge is 0.609 e. The van der Waals surface area contributed by atoms with Crippen LogP contribution in [0.5, 0.6) is 5.75 Å². The molecule has 4 aromatic rings. The summed E-state index contributed by atoms with van der Waals surface area (Å²) < 4.78 is 19.4. The lowest BCUT2D eigenvalue weighted by atomic mass is 10.2. The molecule has 33 heavy (non-hydrogen) atoms. The fourth-order valence-electron chi connectivity index (χ4n) is 3.28. The van der Waals surface area contributed by atoms with Gasteiger partial charge in [0.1, 0.15) is 22.8 Å². The van der Waals surface area contributed by atoms with Gasteiger partial charge in [-0.1, -0.05) is 19.1 Å². The molecule has 1 aromatic carbocycles. The van der Waals surface area contributed by atoms with E-state index in [1.165, 1.54) is 4.57 Å². The van der Waals surface area contributed by atoms with Gasteiger partial charge in [-0.05, 0) is 31.0 Å². The molecular formula is C22H25N7O3S. The highest BCUT2D eigenvalue weighted by Gasteiger charge is 2.22. The lowest BCUT2D eigenvalue weighted by molar-refractivity contribution is 0.414. The minimum Gasteiger partial charge on any atom is -0.609 e. The van der Waals surface area contributed by atoms with E-state index in [0.29, 0.717) is 35.1 Å². The molecule has 11 heteroatoms. The zero-order valence-corrected chi connectivity index (χ0v) is 19.5. The number of ether oxygens (including phenoxy) is 1. The van der Waals surface area contributed by atoms with Gasteiger partial charge in [0.15, 0.2) is 11.5 Å². The van der Waals surface area contributed by atoms with E-state index >= 15 is 0 Å². The monoisotopic (exact) mass is 467 g/mol. The third kappa shape index (κ3) is 5.15. The van der Waals surface area contributed by atoms with Crippen LogP contribution >= 0.6 is 0 Å². The van der Waals surface area contributed by atoms with Crippen molar-refractivity contribution in [2.24, 2.45) is 0 Å². The first kappa shape index (κ1) is 22.7. The SMILES string of the molecule is CCC[S+]([O-])c1nc(NCc2ccc(OC)cc2)c2[nH]c(=O)n(Cc3cnc(C)nc3)c2n1. The smallest absolute Gasteiger partial charge is 0.346 e. The minimum absolute atomic E-state index is 0.189. The standard InChI is InChI=1S/C22H25N7O3S/c1-4-9-33(31)21-27-19(25-10-15-5-7-17(32-3)8-6-15)18-20(28-21)29(22(30)26-18)13-16-11-23-14(2)24-12-16/h5-8,11-12H,4,9-10,13H2,1-3H3,(H,26,30)(H,25,27,28). The third-order valence-corrected chi connectivity index (χ3v) is 6.36. The van der Waals surface area contributed by atoms with Crippen LogP contribution in [0, 0.1) is 6.92 Å². The molecule has 0 aliphatic rings. The summed E-state index contributed by atoms with van der Waals surface area (Å²) in [6, 6.07) is 7.62.